The standard InChI is InChI=1S/C45H60N4O6/c1-31(2)22-24-44(4,5)55-30-45(6,7)54-29-39(48-41(50)17-10-11-25-46-40-27-32(3)23-26-47-40)43(53)49-38(28-42(51)52)35-20-18-34(19-21-35)37-16-12-14-33-13-8-9-15-36(33)37/h8-9,12-16,18-21,23,26-27,31,38-39H,10-11,17,22,24-25,28-30H2,1-7H3,(H,46,47)(H,48,50)(H,49,53)(H,51,52)/t38-,39-/m0/s1. The molecule has 10 nitrogen and oxygen atoms in total. The molecule has 10 heteroatoms. The summed E-state index contributed by atoms with van der Waals surface area (Å²) < 4.78 is 12.5. The Morgan fingerprint density at radius 3 is 2.29 bits per heavy atom. The lowest BCUT2D eigenvalue weighted by Gasteiger charge is -2.33. The summed E-state index contributed by atoms with van der Waals surface area (Å²) >= 11 is 0. The number of hydrogen-bond donors (Lipinski definition) is 4. The Balaban J connectivity index is 1.45. The first-order valence-electron chi connectivity index (χ1n) is 19.4. The fourth-order valence-corrected chi connectivity index (χ4v) is 6.21. The van der Waals surface area contributed by atoms with Crippen molar-refractivity contribution in [3.8, 4) is 11.1 Å². The number of carboxylic acids is 1. The highest BCUT2D eigenvalue weighted by Crippen LogP contribution is 2.30. The van der Waals surface area contributed by atoms with Gasteiger partial charge >= 0.3 is 5.97 Å². The van der Waals surface area contributed by atoms with Crippen LogP contribution in [0.4, 0.5) is 5.82 Å². The van der Waals surface area contributed by atoms with E-state index in [1.165, 1.54) is 0 Å². The Hall–Kier alpha value is -4.80. The Morgan fingerprint density at radius 2 is 1.58 bits per heavy atom. The lowest BCUT2D eigenvalue weighted by Crippen LogP contribution is -2.52. The second-order valence-corrected chi connectivity index (χ2v) is 16.1. The highest BCUT2D eigenvalue weighted by atomic mass is 16.6. The number of carbonyl (C=O) groups excluding carboxylic acids is 2. The predicted molar refractivity (Wildman–Crippen MR) is 220 cm³/mol. The third-order valence-electron chi connectivity index (χ3n) is 9.59. The van der Waals surface area contributed by atoms with Gasteiger partial charge in [0.25, 0.3) is 0 Å². The molecule has 0 aliphatic heterocycles. The minimum absolute atomic E-state index is 0.124. The van der Waals surface area contributed by atoms with E-state index in [0.717, 1.165) is 52.5 Å². The van der Waals surface area contributed by atoms with Crippen LogP contribution in [0.25, 0.3) is 21.9 Å². The van der Waals surface area contributed by atoms with E-state index in [2.05, 4.69) is 72.9 Å². The van der Waals surface area contributed by atoms with E-state index in [1.807, 2.05) is 75.4 Å². The van der Waals surface area contributed by atoms with Crippen LogP contribution in [0.15, 0.2) is 85.1 Å². The summed E-state index contributed by atoms with van der Waals surface area (Å²) in [7, 11) is 0. The molecule has 4 rings (SSSR count). The van der Waals surface area contributed by atoms with Gasteiger partial charge < -0.3 is 30.5 Å². The molecule has 0 spiro atoms. The van der Waals surface area contributed by atoms with Gasteiger partial charge in [0.15, 0.2) is 0 Å². The van der Waals surface area contributed by atoms with Crippen LogP contribution in [-0.4, -0.2) is 64.9 Å². The second-order valence-electron chi connectivity index (χ2n) is 16.1. The third-order valence-corrected chi connectivity index (χ3v) is 9.59. The van der Waals surface area contributed by atoms with Crippen LogP contribution in [0.3, 0.4) is 0 Å². The molecule has 0 aliphatic rings. The predicted octanol–water partition coefficient (Wildman–Crippen LogP) is 8.64. The van der Waals surface area contributed by atoms with Crippen LogP contribution >= 0.6 is 0 Å². The van der Waals surface area contributed by atoms with Crippen molar-refractivity contribution in [2.75, 3.05) is 25.1 Å². The van der Waals surface area contributed by atoms with E-state index in [4.69, 9.17) is 9.47 Å². The summed E-state index contributed by atoms with van der Waals surface area (Å²) in [6, 6.07) is 23.8. The van der Waals surface area contributed by atoms with Gasteiger partial charge in [-0.3, -0.25) is 14.4 Å². The number of aromatic nitrogens is 1. The van der Waals surface area contributed by atoms with E-state index >= 15 is 0 Å². The summed E-state index contributed by atoms with van der Waals surface area (Å²) in [5.74, 6) is -0.543. The smallest absolute Gasteiger partial charge is 0.305 e. The molecule has 0 bridgehead atoms. The van der Waals surface area contributed by atoms with E-state index in [9.17, 15) is 19.5 Å². The van der Waals surface area contributed by atoms with Crippen molar-refractivity contribution in [3.63, 3.8) is 0 Å². The summed E-state index contributed by atoms with van der Waals surface area (Å²) in [5.41, 5.74) is 2.65. The second kappa shape index (κ2) is 20.2. The number of rotatable bonds is 22. The number of ether oxygens (including phenoxy) is 2. The first-order valence-corrected chi connectivity index (χ1v) is 19.4. The number of anilines is 1. The zero-order chi connectivity index (χ0) is 40.0. The fourth-order valence-electron chi connectivity index (χ4n) is 6.21. The lowest BCUT2D eigenvalue weighted by molar-refractivity contribution is -0.142. The number of hydrogen-bond acceptors (Lipinski definition) is 7. The molecule has 296 valence electrons. The number of benzene rings is 3. The monoisotopic (exact) mass is 752 g/mol. The van der Waals surface area contributed by atoms with E-state index in [1.54, 1.807) is 6.20 Å². The van der Waals surface area contributed by atoms with Crippen LogP contribution in [0.2, 0.25) is 0 Å². The molecule has 0 saturated carbocycles. The molecule has 0 saturated heterocycles. The van der Waals surface area contributed by atoms with Crippen molar-refractivity contribution in [1.29, 1.82) is 0 Å². The average Bonchev–Trinajstić information content (AvgIpc) is 3.14. The average molecular weight is 753 g/mol. The quantitative estimate of drug-likeness (QED) is 0.0586. The number of nitrogens with one attached hydrogen (secondary N) is 3. The largest absolute Gasteiger partial charge is 0.481 e. The third kappa shape index (κ3) is 14.4. The number of pyridine rings is 1. The molecule has 4 aromatic rings. The Labute approximate surface area is 326 Å². The maximum absolute atomic E-state index is 14.0. The zero-order valence-electron chi connectivity index (χ0n) is 33.6. The molecule has 0 unspecified atom stereocenters. The molecule has 55 heavy (non-hydrogen) atoms. The Kier molecular flexibility index (Phi) is 15.8. The molecule has 1 heterocycles. The number of aryl methyl sites for hydroxylation is 1. The van der Waals surface area contributed by atoms with Crippen LogP contribution in [-0.2, 0) is 23.9 Å². The highest BCUT2D eigenvalue weighted by Gasteiger charge is 2.30. The normalized spacial score (nSPS) is 13.0. The van der Waals surface area contributed by atoms with Crippen LogP contribution in [0, 0.1) is 12.8 Å². The number of nitrogens with zero attached hydrogens (tertiary/aromatic N) is 1. The maximum Gasteiger partial charge on any atom is 0.305 e. The van der Waals surface area contributed by atoms with E-state index < -0.39 is 29.6 Å². The molecular formula is C45H60N4O6. The Bertz CT molecular complexity index is 1850. The van der Waals surface area contributed by atoms with Crippen molar-refractivity contribution in [1.82, 2.24) is 15.6 Å². The van der Waals surface area contributed by atoms with Gasteiger partial charge in [-0.05, 0) is 111 Å². The number of carboxylic acid groups (broad SMARTS) is 1. The number of amides is 2. The van der Waals surface area contributed by atoms with E-state index in [0.29, 0.717) is 24.4 Å². The number of fused-ring (bicyclic) bond motifs is 1. The van der Waals surface area contributed by atoms with Crippen molar-refractivity contribution < 1.29 is 29.0 Å². The minimum atomic E-state index is -1.07. The molecule has 0 radical (unpaired) electrons. The lowest BCUT2D eigenvalue weighted by atomic mass is 9.95. The number of aliphatic carboxylic acids is 1. The van der Waals surface area contributed by atoms with Gasteiger partial charge in [-0.2, -0.15) is 0 Å². The van der Waals surface area contributed by atoms with Crippen molar-refractivity contribution >= 4 is 34.4 Å². The molecule has 2 amide bonds. The van der Waals surface area contributed by atoms with Crippen molar-refractivity contribution in [2.45, 2.75) is 110 Å². The molecule has 3 aromatic carbocycles. The topological polar surface area (TPSA) is 139 Å². The van der Waals surface area contributed by atoms with Gasteiger partial charge in [-0.15, -0.1) is 0 Å². The van der Waals surface area contributed by atoms with Gasteiger partial charge in [0, 0.05) is 19.2 Å². The first kappa shape index (κ1) is 42.9. The minimum Gasteiger partial charge on any atom is -0.481 e. The first-order chi connectivity index (χ1) is 26.1. The Morgan fingerprint density at radius 1 is 0.855 bits per heavy atom. The summed E-state index contributed by atoms with van der Waals surface area (Å²) in [4.78, 5) is 43.6. The highest BCUT2D eigenvalue weighted by molar-refractivity contribution is 5.96. The van der Waals surface area contributed by atoms with Gasteiger partial charge in [0.05, 0.1) is 36.9 Å². The fraction of sp³-hybridized carbons (Fsp3) is 0.467. The summed E-state index contributed by atoms with van der Waals surface area (Å²) in [6.45, 7) is 15.1. The number of carbonyl (C=O) groups is 3. The van der Waals surface area contributed by atoms with Gasteiger partial charge in [0.2, 0.25) is 11.8 Å². The van der Waals surface area contributed by atoms with Gasteiger partial charge in [-0.1, -0.05) is 80.6 Å². The molecule has 0 fully saturated rings. The summed E-state index contributed by atoms with van der Waals surface area (Å²) in [5, 5.41) is 21.1. The van der Waals surface area contributed by atoms with Crippen molar-refractivity contribution in [3.05, 3.63) is 96.2 Å². The maximum atomic E-state index is 14.0. The molecule has 1 aromatic heterocycles. The zero-order valence-corrected chi connectivity index (χ0v) is 33.6. The van der Waals surface area contributed by atoms with Crippen molar-refractivity contribution in [2.24, 2.45) is 5.92 Å². The van der Waals surface area contributed by atoms with Crippen LogP contribution in [0.5, 0.6) is 0 Å². The summed E-state index contributed by atoms with van der Waals surface area (Å²) in [6.07, 6.45) is 4.86. The molecule has 2 atom stereocenters. The molecule has 0 aliphatic carbocycles. The molecular weight excluding hydrogens is 693 g/mol. The van der Waals surface area contributed by atoms with Crippen LogP contribution in [0.1, 0.15) is 97.2 Å². The van der Waals surface area contributed by atoms with Gasteiger partial charge in [0.1, 0.15) is 11.9 Å². The number of unbranched alkanes of at least 4 members (excludes halogenated alkanes) is 1. The molecule has 4 N–H and O–H groups in total. The van der Waals surface area contributed by atoms with Gasteiger partial charge in [-0.25, -0.2) is 4.98 Å². The van der Waals surface area contributed by atoms with Crippen LogP contribution < -0.4 is 16.0 Å². The SMILES string of the molecule is Cc1ccnc(NCCCCC(=O)N[C@@H](COC(C)(C)COC(C)(C)CCC(C)C)C(=O)N[C@@H](CC(=O)O)c2ccc(-c3cccc4ccccc34)cc2)c1. The van der Waals surface area contributed by atoms with E-state index in [-0.39, 0.29) is 37.6 Å².